The summed E-state index contributed by atoms with van der Waals surface area (Å²) in [6, 6.07) is 43.9. The van der Waals surface area contributed by atoms with Crippen molar-refractivity contribution in [1.29, 1.82) is 0 Å². The molecule has 3 heteroatoms. The van der Waals surface area contributed by atoms with Crippen LogP contribution in [0.5, 0.6) is 0 Å². The maximum Gasteiger partial charge on any atom is 0.259 e. The smallest absolute Gasteiger partial charge is 0.0821 e. The molecule has 0 aliphatic carbocycles. The molecule has 0 aromatic heterocycles. The van der Waals surface area contributed by atoms with Crippen molar-refractivity contribution in [2.45, 2.75) is 6.42 Å². The van der Waals surface area contributed by atoms with Gasteiger partial charge in [-0.25, -0.2) is 0 Å². The molecule has 4 aromatic rings. The molecule has 5 rings (SSSR count). The minimum atomic E-state index is -2.00. The minimum Gasteiger partial charge on any atom is -0.0821 e. The van der Waals surface area contributed by atoms with Crippen LogP contribution in [0.3, 0.4) is 0 Å². The summed E-state index contributed by atoms with van der Waals surface area (Å²) in [6.07, 6.45) is 3.38. The first kappa shape index (κ1) is 19.7. The summed E-state index contributed by atoms with van der Waals surface area (Å²) >= 11 is 0. The summed E-state index contributed by atoms with van der Waals surface area (Å²) in [5, 5.41) is 5.42. The summed E-state index contributed by atoms with van der Waals surface area (Å²) in [7, 11) is -4.00. The molecule has 0 bridgehead atoms. The van der Waals surface area contributed by atoms with Crippen LogP contribution >= 0.6 is 15.0 Å². The van der Waals surface area contributed by atoms with E-state index in [0.29, 0.717) is 0 Å². The average Bonchev–Trinajstić information content (AvgIpc) is 2.86. The summed E-state index contributed by atoms with van der Waals surface area (Å²) in [6.45, 7) is 0. The Bertz CT molecular complexity index is 915. The van der Waals surface area contributed by atoms with Gasteiger partial charge in [-0.05, 0) is 48.5 Å². The lowest BCUT2D eigenvalue weighted by atomic mass is 10.4. The molecule has 30 heavy (non-hydrogen) atoms. The van der Waals surface area contributed by atoms with Gasteiger partial charge in [0, 0.05) is 6.42 Å². The highest BCUT2D eigenvalue weighted by Gasteiger charge is 2.63. The summed E-state index contributed by atoms with van der Waals surface area (Å²) in [5.41, 5.74) is 0. The fourth-order valence-corrected chi connectivity index (χ4v) is 14.3. The summed E-state index contributed by atoms with van der Waals surface area (Å²) in [4.78, 5) is 0. The molecule has 0 amide bonds. The zero-order valence-electron chi connectivity index (χ0n) is 17.0. The van der Waals surface area contributed by atoms with Crippen LogP contribution in [0.2, 0.25) is 0 Å². The van der Waals surface area contributed by atoms with Crippen molar-refractivity contribution in [2.75, 3.05) is 12.3 Å². The van der Waals surface area contributed by atoms with E-state index in [1.807, 2.05) is 0 Å². The molecule has 0 unspecified atom stereocenters. The van der Waals surface area contributed by atoms with Gasteiger partial charge in [0.2, 0.25) is 0 Å². The Hall–Kier alpha value is -2.30. The van der Waals surface area contributed by atoms with Crippen molar-refractivity contribution in [1.82, 2.24) is 0 Å². The van der Waals surface area contributed by atoms with Crippen molar-refractivity contribution in [3.8, 4) is 0 Å². The minimum absolute atomic E-state index is 1.10. The van der Waals surface area contributed by atoms with E-state index < -0.39 is 15.0 Å². The zero-order chi connectivity index (χ0) is 20.3. The SMILES string of the molecule is c1ccc([P+]2(c3ccccc3)CCC[P+](c3ccccc3)(c3ccccc3)O2)cc1. The zero-order valence-corrected chi connectivity index (χ0v) is 18.8. The number of hydrogen-bond acceptors (Lipinski definition) is 1. The lowest BCUT2D eigenvalue weighted by Gasteiger charge is -2.35. The molecule has 1 aliphatic rings. The van der Waals surface area contributed by atoms with Gasteiger partial charge in [0.15, 0.2) is 0 Å². The maximum atomic E-state index is 7.63. The Labute approximate surface area is 180 Å². The number of benzene rings is 4. The van der Waals surface area contributed by atoms with Crippen molar-refractivity contribution in [2.24, 2.45) is 0 Å². The lowest BCUT2D eigenvalue weighted by molar-refractivity contribution is 0.650. The molecule has 148 valence electrons. The Morgan fingerprint density at radius 3 is 0.933 bits per heavy atom. The largest absolute Gasteiger partial charge is 0.259 e. The van der Waals surface area contributed by atoms with Crippen LogP contribution in [0.15, 0.2) is 121 Å². The fourth-order valence-electron chi connectivity index (χ4n) is 4.51. The summed E-state index contributed by atoms with van der Waals surface area (Å²) in [5.74, 6) is 0. The molecule has 1 nitrogen and oxygen atoms in total. The molecule has 0 saturated carbocycles. The van der Waals surface area contributed by atoms with Gasteiger partial charge in [-0.15, -0.1) is 0 Å². The third kappa shape index (κ3) is 3.42. The standard InChI is InChI=1S/C27H26OP2/c1-5-14-24(15-6-1)29(25-16-7-2-8-17-25)22-13-23-30(28-29,26-18-9-3-10-19-26)27-20-11-4-12-21-27/h1-12,14-21H,13,22-23H2/q+2. The van der Waals surface area contributed by atoms with Crippen LogP contribution in [0, 0.1) is 0 Å². The first-order chi connectivity index (χ1) is 14.8. The maximum absolute atomic E-state index is 7.63. The molecule has 1 heterocycles. The van der Waals surface area contributed by atoms with Gasteiger partial charge in [-0.3, -0.25) is 0 Å². The van der Waals surface area contributed by atoms with E-state index in [9.17, 15) is 0 Å². The molecule has 0 radical (unpaired) electrons. The monoisotopic (exact) mass is 428 g/mol. The number of hydrogen-bond donors (Lipinski definition) is 0. The van der Waals surface area contributed by atoms with E-state index >= 15 is 0 Å². The predicted octanol–water partition coefficient (Wildman–Crippen LogP) is 5.57. The topological polar surface area (TPSA) is 9.23 Å². The van der Waals surface area contributed by atoms with E-state index in [-0.39, 0.29) is 0 Å². The van der Waals surface area contributed by atoms with E-state index in [1.165, 1.54) is 27.6 Å². The van der Waals surface area contributed by atoms with Crippen LogP contribution in [-0.2, 0) is 4.31 Å². The second-order valence-corrected chi connectivity index (χ2v) is 14.3. The Kier molecular flexibility index (Phi) is 5.53. The molecular formula is C27H26OP2+2. The molecule has 1 saturated heterocycles. The molecule has 0 N–H and O–H groups in total. The molecule has 4 aromatic carbocycles. The average molecular weight is 428 g/mol. The first-order valence-electron chi connectivity index (χ1n) is 10.5. The predicted molar refractivity (Wildman–Crippen MR) is 134 cm³/mol. The van der Waals surface area contributed by atoms with Crippen LogP contribution in [-0.4, -0.2) is 12.3 Å². The van der Waals surface area contributed by atoms with Crippen LogP contribution in [0.1, 0.15) is 6.42 Å². The van der Waals surface area contributed by atoms with Gasteiger partial charge in [-0.2, -0.15) is 0 Å². The Morgan fingerprint density at radius 1 is 0.400 bits per heavy atom. The second kappa shape index (κ2) is 8.44. The highest BCUT2D eigenvalue weighted by Crippen LogP contribution is 2.77. The van der Waals surface area contributed by atoms with Crippen molar-refractivity contribution >= 4 is 36.2 Å². The Morgan fingerprint density at radius 2 is 0.667 bits per heavy atom. The molecular weight excluding hydrogens is 402 g/mol. The van der Waals surface area contributed by atoms with Gasteiger partial charge in [0.05, 0.1) is 0 Å². The molecule has 0 atom stereocenters. The Balaban J connectivity index is 1.74. The van der Waals surface area contributed by atoms with Crippen molar-refractivity contribution in [3.05, 3.63) is 121 Å². The second-order valence-electron chi connectivity index (χ2n) is 7.70. The van der Waals surface area contributed by atoms with Crippen LogP contribution in [0.4, 0.5) is 0 Å². The van der Waals surface area contributed by atoms with Gasteiger partial charge in [-0.1, -0.05) is 77.1 Å². The van der Waals surface area contributed by atoms with E-state index in [0.717, 1.165) is 12.3 Å². The third-order valence-corrected chi connectivity index (χ3v) is 14.6. The normalized spacial score (nSPS) is 17.3. The van der Waals surface area contributed by atoms with Crippen molar-refractivity contribution in [3.63, 3.8) is 0 Å². The summed E-state index contributed by atoms with van der Waals surface area (Å²) < 4.78 is 7.63. The molecule has 1 aliphatic heterocycles. The van der Waals surface area contributed by atoms with Gasteiger partial charge in [0.1, 0.15) is 33.5 Å². The third-order valence-electron chi connectivity index (χ3n) is 5.92. The number of rotatable bonds is 4. The van der Waals surface area contributed by atoms with E-state index in [1.54, 1.807) is 0 Å². The van der Waals surface area contributed by atoms with E-state index in [2.05, 4.69) is 121 Å². The molecule has 1 fully saturated rings. The molecule has 0 spiro atoms. The quantitative estimate of drug-likeness (QED) is 0.386. The highest BCUT2D eigenvalue weighted by atomic mass is 31.3. The van der Waals surface area contributed by atoms with Gasteiger partial charge >= 0.3 is 0 Å². The van der Waals surface area contributed by atoms with Gasteiger partial charge < -0.3 is 0 Å². The fraction of sp³-hybridized carbons (Fsp3) is 0.111. The highest BCUT2D eigenvalue weighted by molar-refractivity contribution is 7.97. The lowest BCUT2D eigenvalue weighted by Crippen LogP contribution is -2.37. The van der Waals surface area contributed by atoms with Crippen LogP contribution in [0.25, 0.3) is 0 Å². The van der Waals surface area contributed by atoms with Gasteiger partial charge in [0.25, 0.3) is 15.0 Å². The first-order valence-corrected chi connectivity index (χ1v) is 14.3. The van der Waals surface area contributed by atoms with Crippen LogP contribution < -0.4 is 21.2 Å². The van der Waals surface area contributed by atoms with Crippen molar-refractivity contribution < 1.29 is 4.31 Å². The van der Waals surface area contributed by atoms with E-state index in [4.69, 9.17) is 4.31 Å².